The Balaban J connectivity index is 2.17. The summed E-state index contributed by atoms with van der Waals surface area (Å²) in [6.45, 7) is 7.37. The number of hydrogen-bond acceptors (Lipinski definition) is 4. The highest BCUT2D eigenvalue weighted by atomic mass is 16.5. The zero-order valence-electron chi connectivity index (χ0n) is 8.92. The summed E-state index contributed by atoms with van der Waals surface area (Å²) in [5.74, 6) is 0.189. The largest absolute Gasteiger partial charge is 0.374 e. The molecular weight excluding hydrogens is 180 g/mol. The maximum absolute atomic E-state index is 11.4. The quantitative estimate of drug-likeness (QED) is 0.672. The summed E-state index contributed by atoms with van der Waals surface area (Å²) in [6.07, 6.45) is 1.13. The number of ketones is 1. The van der Waals surface area contributed by atoms with Crippen LogP contribution in [0.15, 0.2) is 0 Å². The number of hydrogen-bond donors (Lipinski definition) is 1. The molecule has 1 N–H and O–H groups in total. The van der Waals surface area contributed by atoms with Crippen LogP contribution < -0.4 is 5.32 Å². The van der Waals surface area contributed by atoms with Crippen molar-refractivity contribution in [3.05, 3.63) is 0 Å². The topological polar surface area (TPSA) is 41.6 Å². The highest BCUT2D eigenvalue weighted by Crippen LogP contribution is 1.95. The van der Waals surface area contributed by atoms with Crippen LogP contribution in [0.1, 0.15) is 13.3 Å². The van der Waals surface area contributed by atoms with E-state index in [-0.39, 0.29) is 12.4 Å². The van der Waals surface area contributed by atoms with Crippen molar-refractivity contribution < 1.29 is 9.53 Å². The lowest BCUT2D eigenvalue weighted by molar-refractivity contribution is -0.124. The van der Waals surface area contributed by atoms with Crippen LogP contribution in [0.2, 0.25) is 0 Å². The third kappa shape index (κ3) is 4.69. The molecule has 82 valence electrons. The molecule has 0 saturated carbocycles. The zero-order valence-corrected chi connectivity index (χ0v) is 8.92. The lowest BCUT2D eigenvalue weighted by atomic mass is 10.3. The number of nitrogens with one attached hydrogen (secondary N) is 1. The van der Waals surface area contributed by atoms with E-state index in [9.17, 15) is 4.79 Å². The first-order valence-corrected chi connectivity index (χ1v) is 5.35. The number of ether oxygens (including phenoxy) is 1. The first kappa shape index (κ1) is 11.6. The molecule has 4 nitrogen and oxygen atoms in total. The van der Waals surface area contributed by atoms with Crippen LogP contribution in [0, 0.1) is 0 Å². The molecule has 1 rings (SSSR count). The summed E-state index contributed by atoms with van der Waals surface area (Å²) in [4.78, 5) is 13.6. The maximum atomic E-state index is 11.4. The van der Waals surface area contributed by atoms with Crippen molar-refractivity contribution in [2.75, 3.05) is 45.9 Å². The van der Waals surface area contributed by atoms with Crippen LogP contribution in [0.3, 0.4) is 0 Å². The van der Waals surface area contributed by atoms with Gasteiger partial charge >= 0.3 is 0 Å². The van der Waals surface area contributed by atoms with Crippen LogP contribution in [-0.2, 0) is 9.53 Å². The second-order valence-electron chi connectivity index (χ2n) is 3.56. The second-order valence-corrected chi connectivity index (χ2v) is 3.56. The smallest absolute Gasteiger partial charge is 0.172 e. The van der Waals surface area contributed by atoms with Crippen LogP contribution >= 0.6 is 0 Å². The Morgan fingerprint density at radius 3 is 3.07 bits per heavy atom. The van der Waals surface area contributed by atoms with Crippen molar-refractivity contribution in [1.29, 1.82) is 0 Å². The lowest BCUT2D eigenvalue weighted by Gasteiger charge is -2.17. The van der Waals surface area contributed by atoms with Gasteiger partial charge in [-0.25, -0.2) is 0 Å². The molecule has 1 aliphatic heterocycles. The molecule has 1 fully saturated rings. The van der Waals surface area contributed by atoms with Gasteiger partial charge in [-0.1, -0.05) is 0 Å². The van der Waals surface area contributed by atoms with Crippen molar-refractivity contribution in [3.8, 4) is 0 Å². The monoisotopic (exact) mass is 200 g/mol. The average Bonchev–Trinajstić information content (AvgIpc) is 2.43. The Kier molecular flexibility index (Phi) is 5.75. The van der Waals surface area contributed by atoms with Gasteiger partial charge in [0, 0.05) is 19.7 Å². The van der Waals surface area contributed by atoms with E-state index in [0.29, 0.717) is 13.2 Å². The van der Waals surface area contributed by atoms with Gasteiger partial charge in [0.15, 0.2) is 5.78 Å². The Hall–Kier alpha value is -0.450. The average molecular weight is 200 g/mol. The minimum atomic E-state index is 0.189. The Morgan fingerprint density at radius 2 is 2.29 bits per heavy atom. The van der Waals surface area contributed by atoms with Gasteiger partial charge in [-0.15, -0.1) is 0 Å². The predicted octanol–water partition coefficient (Wildman–Crippen LogP) is -0.113. The Labute approximate surface area is 85.6 Å². The minimum absolute atomic E-state index is 0.189. The lowest BCUT2D eigenvalue weighted by Crippen LogP contribution is -2.34. The first-order valence-electron chi connectivity index (χ1n) is 5.35. The summed E-state index contributed by atoms with van der Waals surface area (Å²) in [5, 5.41) is 3.31. The van der Waals surface area contributed by atoms with Crippen LogP contribution in [0.5, 0.6) is 0 Å². The molecule has 0 bridgehead atoms. The third-order valence-electron chi connectivity index (χ3n) is 2.30. The van der Waals surface area contributed by atoms with Gasteiger partial charge in [0.25, 0.3) is 0 Å². The van der Waals surface area contributed by atoms with Crippen LogP contribution in [0.25, 0.3) is 0 Å². The SMILES string of the molecule is CCOCC(=O)CN1CCCNCC1. The van der Waals surface area contributed by atoms with Gasteiger partial charge in [0.2, 0.25) is 0 Å². The third-order valence-corrected chi connectivity index (χ3v) is 2.30. The molecule has 0 radical (unpaired) electrons. The van der Waals surface area contributed by atoms with Gasteiger partial charge in [-0.3, -0.25) is 9.69 Å². The molecule has 0 aromatic carbocycles. The van der Waals surface area contributed by atoms with E-state index < -0.39 is 0 Å². The van der Waals surface area contributed by atoms with E-state index in [4.69, 9.17) is 4.74 Å². The van der Waals surface area contributed by atoms with Crippen molar-refractivity contribution in [3.63, 3.8) is 0 Å². The first-order chi connectivity index (χ1) is 6.83. The van der Waals surface area contributed by atoms with Crippen molar-refractivity contribution in [1.82, 2.24) is 10.2 Å². The molecule has 0 spiro atoms. The molecule has 0 unspecified atom stereocenters. The van der Waals surface area contributed by atoms with Crippen LogP contribution in [0.4, 0.5) is 0 Å². The summed E-state index contributed by atoms with van der Waals surface area (Å²) in [5.41, 5.74) is 0. The van der Waals surface area contributed by atoms with Gasteiger partial charge < -0.3 is 10.1 Å². The molecule has 1 aliphatic rings. The fourth-order valence-electron chi connectivity index (χ4n) is 1.57. The predicted molar refractivity (Wildman–Crippen MR) is 55.4 cm³/mol. The fraction of sp³-hybridized carbons (Fsp3) is 0.900. The van der Waals surface area contributed by atoms with E-state index in [1.807, 2.05) is 6.92 Å². The van der Waals surface area contributed by atoms with Gasteiger partial charge in [0.1, 0.15) is 6.61 Å². The normalized spacial score (nSPS) is 19.2. The van der Waals surface area contributed by atoms with E-state index in [1.165, 1.54) is 0 Å². The van der Waals surface area contributed by atoms with Crippen molar-refractivity contribution >= 4 is 5.78 Å². The molecule has 0 aromatic rings. The summed E-state index contributed by atoms with van der Waals surface area (Å²) >= 11 is 0. The molecule has 14 heavy (non-hydrogen) atoms. The second kappa shape index (κ2) is 6.92. The Bertz CT molecular complexity index is 166. The molecular formula is C10H20N2O2. The summed E-state index contributed by atoms with van der Waals surface area (Å²) in [7, 11) is 0. The Morgan fingerprint density at radius 1 is 1.43 bits per heavy atom. The van der Waals surface area contributed by atoms with Crippen molar-refractivity contribution in [2.24, 2.45) is 0 Å². The van der Waals surface area contributed by atoms with E-state index in [1.54, 1.807) is 0 Å². The zero-order chi connectivity index (χ0) is 10.2. The maximum Gasteiger partial charge on any atom is 0.172 e. The minimum Gasteiger partial charge on any atom is -0.374 e. The molecule has 0 amide bonds. The standard InChI is InChI=1S/C10H20N2O2/c1-2-14-9-10(13)8-12-6-3-4-11-5-7-12/h11H,2-9H2,1H3. The number of rotatable bonds is 5. The summed E-state index contributed by atoms with van der Waals surface area (Å²) in [6, 6.07) is 0. The van der Waals surface area contributed by atoms with Gasteiger partial charge in [0.05, 0.1) is 6.54 Å². The fourth-order valence-corrected chi connectivity index (χ4v) is 1.57. The highest BCUT2D eigenvalue weighted by molar-refractivity contribution is 5.81. The molecule has 0 aromatic heterocycles. The molecule has 0 aliphatic carbocycles. The van der Waals surface area contributed by atoms with E-state index >= 15 is 0 Å². The molecule has 4 heteroatoms. The molecule has 1 saturated heterocycles. The summed E-state index contributed by atoms with van der Waals surface area (Å²) < 4.78 is 5.08. The van der Waals surface area contributed by atoms with Gasteiger partial charge in [-0.05, 0) is 26.4 Å². The van der Waals surface area contributed by atoms with E-state index in [0.717, 1.165) is 32.6 Å². The van der Waals surface area contributed by atoms with E-state index in [2.05, 4.69) is 10.2 Å². The van der Waals surface area contributed by atoms with Crippen molar-refractivity contribution in [2.45, 2.75) is 13.3 Å². The van der Waals surface area contributed by atoms with Crippen LogP contribution in [-0.4, -0.2) is 56.6 Å². The van der Waals surface area contributed by atoms with Gasteiger partial charge in [-0.2, -0.15) is 0 Å². The number of nitrogens with zero attached hydrogens (tertiary/aromatic N) is 1. The number of carbonyl (C=O) groups excluding carboxylic acids is 1. The highest BCUT2D eigenvalue weighted by Gasteiger charge is 2.12. The molecule has 1 heterocycles. The number of Topliss-reactive ketones (excluding diaryl/α,β-unsaturated/α-hetero) is 1. The number of carbonyl (C=O) groups is 1. The molecule has 0 atom stereocenters.